The Morgan fingerprint density at radius 3 is 2.62 bits per heavy atom. The van der Waals surface area contributed by atoms with Crippen LogP contribution in [0.4, 0.5) is 5.69 Å². The summed E-state index contributed by atoms with van der Waals surface area (Å²) in [6, 6.07) is 19.3. The summed E-state index contributed by atoms with van der Waals surface area (Å²) in [5.74, 6) is 2.68. The van der Waals surface area contributed by atoms with Gasteiger partial charge >= 0.3 is 0 Å². The van der Waals surface area contributed by atoms with Gasteiger partial charge in [-0.1, -0.05) is 79.9 Å². The van der Waals surface area contributed by atoms with E-state index in [9.17, 15) is 0 Å². The molecule has 8 heteroatoms. The van der Waals surface area contributed by atoms with E-state index in [1.807, 2.05) is 60.7 Å². The predicted molar refractivity (Wildman–Crippen MR) is 136 cm³/mol. The molecule has 5 rings (SSSR count). The van der Waals surface area contributed by atoms with Gasteiger partial charge in [-0.3, -0.25) is 0 Å². The average Bonchev–Trinajstić information content (AvgIpc) is 3.28. The van der Waals surface area contributed by atoms with Gasteiger partial charge in [-0.05, 0) is 36.8 Å². The fourth-order valence-corrected chi connectivity index (χ4v) is 4.83. The number of aromatic nitrogens is 3. The number of hydrogen-bond donors (Lipinski definition) is 1. The third kappa shape index (κ3) is 4.91. The lowest BCUT2D eigenvalue weighted by molar-refractivity contribution is 0.196. The normalized spacial score (nSPS) is 14.5. The molecule has 3 heterocycles. The van der Waals surface area contributed by atoms with Crippen LogP contribution >= 0.6 is 23.4 Å². The van der Waals surface area contributed by atoms with Crippen LogP contribution in [0, 0.1) is 0 Å². The molecule has 4 aromatic rings. The second kappa shape index (κ2) is 10.5. The van der Waals surface area contributed by atoms with Gasteiger partial charge in [0.15, 0.2) is 11.5 Å². The van der Waals surface area contributed by atoms with Crippen LogP contribution in [0.15, 0.2) is 70.2 Å². The van der Waals surface area contributed by atoms with Crippen molar-refractivity contribution in [3.05, 3.63) is 71.4 Å². The van der Waals surface area contributed by atoms with Gasteiger partial charge in [-0.15, -0.1) is 10.2 Å². The summed E-state index contributed by atoms with van der Waals surface area (Å²) in [5, 5.41) is 13.5. The summed E-state index contributed by atoms with van der Waals surface area (Å²) in [6.07, 6.45) is 4.22. The van der Waals surface area contributed by atoms with Crippen molar-refractivity contribution in [2.24, 2.45) is 0 Å². The molecule has 0 saturated carbocycles. The Kier molecular flexibility index (Phi) is 7.02. The molecule has 0 radical (unpaired) electrons. The fraction of sp³-hybridized carbons (Fsp3) is 0.269. The summed E-state index contributed by atoms with van der Waals surface area (Å²) in [5.41, 5.74) is 3.20. The first-order valence-corrected chi connectivity index (χ1v) is 12.8. The maximum atomic E-state index is 6.37. The lowest BCUT2D eigenvalue weighted by atomic mass is 10.1. The van der Waals surface area contributed by atoms with Crippen LogP contribution in [0.25, 0.3) is 22.6 Å². The highest BCUT2D eigenvalue weighted by molar-refractivity contribution is 7.99. The molecule has 1 N–H and O–H groups in total. The second-order valence-electron chi connectivity index (χ2n) is 8.03. The van der Waals surface area contributed by atoms with E-state index in [-0.39, 0.29) is 0 Å². The number of hydrogen-bond acceptors (Lipinski definition) is 7. The molecule has 34 heavy (non-hydrogen) atoms. The van der Waals surface area contributed by atoms with E-state index >= 15 is 0 Å². The van der Waals surface area contributed by atoms with E-state index in [1.165, 1.54) is 19.3 Å². The van der Waals surface area contributed by atoms with Gasteiger partial charge in [0.1, 0.15) is 5.76 Å². The van der Waals surface area contributed by atoms with E-state index in [0.717, 1.165) is 29.0 Å². The van der Waals surface area contributed by atoms with Crippen molar-refractivity contribution in [1.29, 1.82) is 0 Å². The number of nitrogens with zero attached hydrogens (tertiary/aromatic N) is 3. The minimum atomic E-state index is -0.585. The number of furan rings is 1. The van der Waals surface area contributed by atoms with Gasteiger partial charge in [0.05, 0.1) is 5.02 Å². The van der Waals surface area contributed by atoms with Crippen LogP contribution in [0.5, 0.6) is 5.88 Å². The maximum Gasteiger partial charge on any atom is 0.247 e. The predicted octanol–water partition coefficient (Wildman–Crippen LogP) is 7.63. The van der Waals surface area contributed by atoms with Gasteiger partial charge in [0.2, 0.25) is 17.3 Å². The number of ether oxygens (including phenoxy) is 1. The van der Waals surface area contributed by atoms with Gasteiger partial charge < -0.3 is 14.5 Å². The van der Waals surface area contributed by atoms with Crippen molar-refractivity contribution in [1.82, 2.24) is 15.2 Å². The zero-order chi connectivity index (χ0) is 23.3. The summed E-state index contributed by atoms with van der Waals surface area (Å²) in [6.45, 7) is 2.21. The quantitative estimate of drug-likeness (QED) is 0.200. The number of anilines is 1. The molecule has 2 aromatic heterocycles. The van der Waals surface area contributed by atoms with E-state index in [1.54, 1.807) is 11.8 Å². The van der Waals surface area contributed by atoms with Gasteiger partial charge in [0.25, 0.3) is 0 Å². The zero-order valence-electron chi connectivity index (χ0n) is 18.8. The van der Waals surface area contributed by atoms with Crippen LogP contribution < -0.4 is 10.1 Å². The van der Waals surface area contributed by atoms with E-state index < -0.39 is 6.23 Å². The minimum absolute atomic E-state index is 0.434. The van der Waals surface area contributed by atoms with Gasteiger partial charge in [-0.25, -0.2) is 0 Å². The lowest BCUT2D eigenvalue weighted by Crippen LogP contribution is -2.16. The lowest BCUT2D eigenvalue weighted by Gasteiger charge is -2.16. The highest BCUT2D eigenvalue weighted by Crippen LogP contribution is 2.40. The third-order valence-electron chi connectivity index (χ3n) is 5.59. The van der Waals surface area contributed by atoms with Crippen molar-refractivity contribution in [2.75, 3.05) is 11.1 Å². The van der Waals surface area contributed by atoms with Crippen molar-refractivity contribution < 1.29 is 9.15 Å². The average molecular weight is 493 g/mol. The Morgan fingerprint density at radius 2 is 1.76 bits per heavy atom. The Morgan fingerprint density at radius 1 is 0.941 bits per heavy atom. The first-order valence-electron chi connectivity index (χ1n) is 11.5. The number of thioether (sulfide) groups is 1. The largest absolute Gasteiger partial charge is 0.455 e. The van der Waals surface area contributed by atoms with E-state index in [0.29, 0.717) is 33.3 Å². The summed E-state index contributed by atoms with van der Waals surface area (Å²) >= 11 is 7.98. The molecule has 0 aliphatic carbocycles. The van der Waals surface area contributed by atoms with Crippen molar-refractivity contribution >= 4 is 29.1 Å². The molecule has 174 valence electrons. The molecular weight excluding hydrogens is 468 g/mol. The standard InChI is InChI=1S/C26H25ClN4O2S/c1-2-3-4-9-16-34-26-29-25-23(30-31-26)18-11-6-8-13-20(18)28-24(33-25)22-15-14-21(32-22)17-10-5-7-12-19(17)27/h5-8,10-15,24,28H,2-4,9,16H2,1H3/t24-/m1/s1. The Labute approximate surface area is 208 Å². The summed E-state index contributed by atoms with van der Waals surface area (Å²) in [7, 11) is 0. The monoisotopic (exact) mass is 492 g/mol. The molecule has 0 unspecified atom stereocenters. The number of unbranched alkanes of at least 4 members (excludes halogenated alkanes) is 3. The SMILES string of the molecule is CCCCCCSc1nnc2c(n1)O[C@H](c1ccc(-c3ccccc3Cl)o1)Nc1ccccc1-2. The molecule has 0 saturated heterocycles. The molecule has 0 fully saturated rings. The molecular formula is C26H25ClN4O2S. The minimum Gasteiger partial charge on any atom is -0.455 e. The first-order chi connectivity index (χ1) is 16.7. The molecule has 1 aliphatic heterocycles. The van der Waals surface area contributed by atoms with Crippen molar-refractivity contribution in [2.45, 2.75) is 44.0 Å². The molecule has 0 spiro atoms. The molecule has 6 nitrogen and oxygen atoms in total. The van der Waals surface area contributed by atoms with Crippen LogP contribution in [0.2, 0.25) is 5.02 Å². The highest BCUT2D eigenvalue weighted by atomic mass is 35.5. The number of nitrogens with one attached hydrogen (secondary N) is 1. The Balaban J connectivity index is 1.44. The molecule has 0 amide bonds. The van der Waals surface area contributed by atoms with Crippen molar-refractivity contribution in [3.8, 4) is 28.5 Å². The molecule has 0 bridgehead atoms. The fourth-order valence-electron chi connectivity index (χ4n) is 3.83. The number of fused-ring (bicyclic) bond motifs is 3. The summed E-state index contributed by atoms with van der Waals surface area (Å²) < 4.78 is 12.5. The zero-order valence-corrected chi connectivity index (χ0v) is 20.4. The number of rotatable bonds is 8. The summed E-state index contributed by atoms with van der Waals surface area (Å²) in [4.78, 5) is 4.71. The van der Waals surface area contributed by atoms with Crippen molar-refractivity contribution in [3.63, 3.8) is 0 Å². The molecule has 2 aromatic carbocycles. The van der Waals surface area contributed by atoms with Crippen LogP contribution in [-0.4, -0.2) is 20.9 Å². The van der Waals surface area contributed by atoms with E-state index in [4.69, 9.17) is 25.7 Å². The van der Waals surface area contributed by atoms with Crippen LogP contribution in [-0.2, 0) is 0 Å². The smallest absolute Gasteiger partial charge is 0.247 e. The van der Waals surface area contributed by atoms with Gasteiger partial charge in [0, 0.05) is 22.6 Å². The number of halogens is 1. The Bertz CT molecular complexity index is 1280. The Hall–Kier alpha value is -3.03. The number of benzene rings is 2. The third-order valence-corrected chi connectivity index (χ3v) is 6.84. The maximum absolute atomic E-state index is 6.37. The first kappa shape index (κ1) is 22.7. The molecule has 1 aliphatic rings. The highest BCUT2D eigenvalue weighted by Gasteiger charge is 2.28. The topological polar surface area (TPSA) is 73.1 Å². The van der Waals surface area contributed by atoms with Crippen LogP contribution in [0.1, 0.15) is 44.6 Å². The van der Waals surface area contributed by atoms with Crippen LogP contribution in [0.3, 0.4) is 0 Å². The molecule has 1 atom stereocenters. The second-order valence-corrected chi connectivity index (χ2v) is 9.50. The van der Waals surface area contributed by atoms with E-state index in [2.05, 4.69) is 22.4 Å². The van der Waals surface area contributed by atoms with Gasteiger partial charge in [-0.2, -0.15) is 4.98 Å². The number of para-hydroxylation sites is 1.